The first-order valence-electron chi connectivity index (χ1n) is 6.96. The van der Waals surface area contributed by atoms with Crippen molar-refractivity contribution < 1.29 is 8.42 Å². The van der Waals surface area contributed by atoms with Gasteiger partial charge in [-0.15, -0.1) is 0 Å². The van der Waals surface area contributed by atoms with Gasteiger partial charge in [0.25, 0.3) is 0 Å². The van der Waals surface area contributed by atoms with Gasteiger partial charge in [-0.05, 0) is 41.4 Å². The zero-order chi connectivity index (χ0) is 16.2. The second kappa shape index (κ2) is 4.86. The Balaban J connectivity index is 2.19. The average molecular weight is 331 g/mol. The van der Waals surface area contributed by atoms with Gasteiger partial charge in [0, 0.05) is 6.54 Å². The molecule has 4 nitrogen and oxygen atoms in total. The smallest absolute Gasteiger partial charge is 0.240 e. The lowest BCUT2D eigenvalue weighted by molar-refractivity contribution is 0.457. The van der Waals surface area contributed by atoms with Crippen molar-refractivity contribution in [1.82, 2.24) is 4.72 Å². The zero-order valence-electron chi connectivity index (χ0n) is 13.1. The average Bonchev–Trinajstić information content (AvgIpc) is 2.71. The Labute approximate surface area is 132 Å². The molecule has 0 amide bonds. The van der Waals surface area contributed by atoms with Crippen molar-refractivity contribution in [3.63, 3.8) is 0 Å². The first-order valence-corrected chi connectivity index (χ1v) is 8.82. The number of hydrogen-bond acceptors (Lipinski definition) is 3. The summed E-state index contributed by atoms with van der Waals surface area (Å²) in [6.07, 6.45) is 0. The van der Waals surface area contributed by atoms with Crippen LogP contribution in [0.2, 0.25) is 5.02 Å². The van der Waals surface area contributed by atoms with Crippen LogP contribution in [0.25, 0.3) is 0 Å². The highest BCUT2D eigenvalue weighted by atomic mass is 35.5. The summed E-state index contributed by atoms with van der Waals surface area (Å²) in [6, 6.07) is 3.00. The van der Waals surface area contributed by atoms with E-state index in [1.807, 2.05) is 0 Å². The molecule has 0 aliphatic heterocycles. The van der Waals surface area contributed by atoms with E-state index in [1.54, 1.807) is 13.0 Å². The molecule has 1 aromatic carbocycles. The molecule has 0 heterocycles. The third-order valence-electron chi connectivity index (χ3n) is 5.38. The van der Waals surface area contributed by atoms with E-state index in [1.165, 1.54) is 6.07 Å². The van der Waals surface area contributed by atoms with Gasteiger partial charge in [-0.3, -0.25) is 0 Å². The lowest BCUT2D eigenvalue weighted by atomic mass is 10.0. The van der Waals surface area contributed by atoms with E-state index in [0.29, 0.717) is 23.0 Å². The van der Waals surface area contributed by atoms with Gasteiger partial charge in [-0.2, -0.15) is 0 Å². The van der Waals surface area contributed by atoms with Gasteiger partial charge in [0.05, 0.1) is 15.6 Å². The van der Waals surface area contributed by atoms with Crippen LogP contribution in [-0.4, -0.2) is 15.0 Å². The lowest BCUT2D eigenvalue weighted by Gasteiger charge is -2.11. The van der Waals surface area contributed by atoms with Gasteiger partial charge < -0.3 is 5.73 Å². The van der Waals surface area contributed by atoms with Crippen molar-refractivity contribution in [3.05, 3.63) is 22.7 Å². The van der Waals surface area contributed by atoms with Crippen LogP contribution < -0.4 is 10.5 Å². The minimum absolute atomic E-state index is 0.142. The fourth-order valence-electron chi connectivity index (χ4n) is 3.07. The van der Waals surface area contributed by atoms with Gasteiger partial charge in [0.15, 0.2) is 0 Å². The summed E-state index contributed by atoms with van der Waals surface area (Å²) in [4.78, 5) is 0.195. The molecule has 1 saturated carbocycles. The minimum atomic E-state index is -3.57. The molecule has 0 aromatic heterocycles. The van der Waals surface area contributed by atoms with Crippen molar-refractivity contribution >= 4 is 27.3 Å². The van der Waals surface area contributed by atoms with Crippen LogP contribution in [-0.2, 0) is 10.0 Å². The maximum Gasteiger partial charge on any atom is 0.240 e. The predicted octanol–water partition coefficient (Wildman–Crippen LogP) is 3.19. The quantitative estimate of drug-likeness (QED) is 0.833. The van der Waals surface area contributed by atoms with E-state index in [0.717, 1.165) is 0 Å². The Morgan fingerprint density at radius 3 is 2.24 bits per heavy atom. The van der Waals surface area contributed by atoms with Gasteiger partial charge in [-0.25, -0.2) is 13.1 Å². The molecule has 0 radical (unpaired) electrons. The minimum Gasteiger partial charge on any atom is -0.397 e. The summed E-state index contributed by atoms with van der Waals surface area (Å²) in [5, 5.41) is 0.371. The van der Waals surface area contributed by atoms with Crippen molar-refractivity contribution in [2.24, 2.45) is 16.7 Å². The summed E-state index contributed by atoms with van der Waals surface area (Å²) < 4.78 is 27.6. The number of benzene rings is 1. The van der Waals surface area contributed by atoms with Crippen LogP contribution in [0, 0.1) is 23.7 Å². The van der Waals surface area contributed by atoms with Crippen molar-refractivity contribution in [1.29, 1.82) is 0 Å². The lowest BCUT2D eigenvalue weighted by Crippen LogP contribution is -2.28. The molecular weight excluding hydrogens is 308 g/mol. The summed E-state index contributed by atoms with van der Waals surface area (Å²) in [7, 11) is -3.57. The number of nitrogens with one attached hydrogen (secondary N) is 1. The molecule has 2 rings (SSSR count). The second-order valence-electron chi connectivity index (χ2n) is 6.99. The number of rotatable bonds is 4. The van der Waals surface area contributed by atoms with Crippen LogP contribution in [0.5, 0.6) is 0 Å². The van der Waals surface area contributed by atoms with Crippen LogP contribution in [0.3, 0.4) is 0 Å². The molecule has 118 valence electrons. The van der Waals surface area contributed by atoms with E-state index in [9.17, 15) is 8.42 Å². The molecule has 1 fully saturated rings. The zero-order valence-corrected chi connectivity index (χ0v) is 14.7. The number of hydrogen-bond donors (Lipinski definition) is 2. The molecule has 0 unspecified atom stereocenters. The topological polar surface area (TPSA) is 72.2 Å². The maximum absolute atomic E-state index is 12.5. The van der Waals surface area contributed by atoms with E-state index in [4.69, 9.17) is 17.3 Å². The molecule has 1 aliphatic rings. The molecule has 3 N–H and O–H groups in total. The Morgan fingerprint density at radius 1 is 1.24 bits per heavy atom. The SMILES string of the molecule is Cc1cc(Cl)c(N)cc1S(=O)(=O)NCC1C(C)(C)C1(C)C. The molecule has 1 aliphatic carbocycles. The van der Waals surface area contributed by atoms with Crippen LogP contribution in [0.4, 0.5) is 5.69 Å². The van der Waals surface area contributed by atoms with E-state index < -0.39 is 10.0 Å². The summed E-state index contributed by atoms with van der Waals surface area (Å²) in [5.41, 5.74) is 6.87. The van der Waals surface area contributed by atoms with E-state index >= 15 is 0 Å². The molecule has 6 heteroatoms. The Kier molecular flexibility index (Phi) is 3.84. The third kappa shape index (κ3) is 2.67. The van der Waals surface area contributed by atoms with Gasteiger partial charge >= 0.3 is 0 Å². The fraction of sp³-hybridized carbons (Fsp3) is 0.600. The Hall–Kier alpha value is -0.780. The maximum atomic E-state index is 12.5. The normalized spacial score (nSPS) is 20.5. The van der Waals surface area contributed by atoms with Crippen LogP contribution in [0.1, 0.15) is 33.3 Å². The predicted molar refractivity (Wildman–Crippen MR) is 86.8 cm³/mol. The van der Waals surface area contributed by atoms with Crippen molar-refractivity contribution in [2.75, 3.05) is 12.3 Å². The molecule has 0 saturated heterocycles. The highest BCUT2D eigenvalue weighted by Crippen LogP contribution is 2.67. The highest BCUT2D eigenvalue weighted by Gasteiger charge is 2.64. The van der Waals surface area contributed by atoms with Crippen LogP contribution in [0.15, 0.2) is 17.0 Å². The van der Waals surface area contributed by atoms with Crippen molar-refractivity contribution in [3.8, 4) is 0 Å². The molecule has 0 bridgehead atoms. The van der Waals surface area contributed by atoms with Gasteiger partial charge in [0.2, 0.25) is 10.0 Å². The fourth-order valence-corrected chi connectivity index (χ4v) is 4.60. The summed E-state index contributed by atoms with van der Waals surface area (Å²) >= 11 is 5.91. The second-order valence-corrected chi connectivity index (χ2v) is 9.13. The van der Waals surface area contributed by atoms with E-state index in [-0.39, 0.29) is 21.4 Å². The first-order chi connectivity index (χ1) is 9.41. The number of nitrogen functional groups attached to an aromatic ring is 1. The highest BCUT2D eigenvalue weighted by molar-refractivity contribution is 7.89. The first kappa shape index (κ1) is 16.6. The number of anilines is 1. The van der Waals surface area contributed by atoms with E-state index in [2.05, 4.69) is 32.4 Å². The third-order valence-corrected chi connectivity index (χ3v) is 7.27. The number of sulfonamides is 1. The largest absolute Gasteiger partial charge is 0.397 e. The molecular formula is C15H23ClN2O2S. The molecule has 0 spiro atoms. The summed E-state index contributed by atoms with van der Waals surface area (Å²) in [6.45, 7) is 10.8. The molecule has 1 aromatic rings. The number of nitrogens with two attached hydrogens (primary N) is 1. The molecule has 21 heavy (non-hydrogen) atoms. The van der Waals surface area contributed by atoms with Gasteiger partial charge in [0.1, 0.15) is 0 Å². The molecule has 0 atom stereocenters. The van der Waals surface area contributed by atoms with Crippen molar-refractivity contribution in [2.45, 2.75) is 39.5 Å². The standard InChI is InChI=1S/C15H23ClN2O2S/c1-9-6-10(16)11(17)7-12(9)21(19,20)18-8-13-14(2,3)15(13,4)5/h6-7,13,18H,8,17H2,1-5H3. The summed E-state index contributed by atoms with van der Waals surface area (Å²) in [5.74, 6) is 0.324. The van der Waals surface area contributed by atoms with Gasteiger partial charge in [-0.1, -0.05) is 39.3 Å². The monoisotopic (exact) mass is 330 g/mol. The van der Waals surface area contributed by atoms with Crippen LogP contribution >= 0.6 is 11.6 Å². The Bertz CT molecular complexity index is 667. The number of aryl methyl sites for hydroxylation is 1. The Morgan fingerprint density at radius 2 is 1.76 bits per heavy atom. The number of halogens is 1.